The summed E-state index contributed by atoms with van der Waals surface area (Å²) in [7, 11) is 7.93. The van der Waals surface area contributed by atoms with Gasteiger partial charge in [0.2, 0.25) is 0 Å². The smallest absolute Gasteiger partial charge is 0.195 e. The summed E-state index contributed by atoms with van der Waals surface area (Å²) in [5.41, 5.74) is 0.916. The molecule has 4 nitrogen and oxygen atoms in total. The molecule has 0 fully saturated rings. The summed E-state index contributed by atoms with van der Waals surface area (Å²) in [5.74, 6) is 1.81. The molecule has 2 rings (SSSR count). The van der Waals surface area contributed by atoms with E-state index in [1.165, 1.54) is 0 Å². The third-order valence-corrected chi connectivity index (χ3v) is 2.65. The Balaban J connectivity index is 0.00000180. The average Bonchev–Trinajstić information content (AvgIpc) is 2.70. The van der Waals surface area contributed by atoms with E-state index in [1.807, 2.05) is 68.3 Å². The lowest BCUT2D eigenvalue weighted by Crippen LogP contribution is -2.35. The predicted molar refractivity (Wildman–Crippen MR) is 90.1 cm³/mol. The van der Waals surface area contributed by atoms with Crippen LogP contribution in [0, 0.1) is 0 Å². The number of guanidine groups is 1. The molecule has 1 aromatic heterocycles. The topological polar surface area (TPSA) is 32.0 Å². The minimum absolute atomic E-state index is 0. The highest BCUT2D eigenvalue weighted by Gasteiger charge is 2.06. The normalized spacial score (nSPS) is 9.89. The fourth-order valence-corrected chi connectivity index (χ4v) is 1.95. The Morgan fingerprint density at radius 3 is 2.32 bits per heavy atom. The maximum atomic E-state index is 5.73. The third-order valence-electron chi connectivity index (χ3n) is 2.65. The van der Waals surface area contributed by atoms with Gasteiger partial charge in [-0.15, -0.1) is 24.0 Å². The Morgan fingerprint density at radius 1 is 1.11 bits per heavy atom. The van der Waals surface area contributed by atoms with Crippen LogP contribution in [0.1, 0.15) is 5.76 Å². The molecule has 0 N–H and O–H groups in total. The summed E-state index contributed by atoms with van der Waals surface area (Å²) in [6, 6.07) is 10.0. The van der Waals surface area contributed by atoms with E-state index in [-0.39, 0.29) is 24.0 Å². The minimum atomic E-state index is 0. The first-order valence-electron chi connectivity index (χ1n) is 5.94. The van der Waals surface area contributed by atoms with Crippen LogP contribution < -0.4 is 0 Å². The number of fused-ring (bicyclic) bond motifs is 1. The molecule has 0 saturated heterocycles. The number of rotatable bonds is 2. The second-order valence-electron chi connectivity index (χ2n) is 4.66. The molecule has 0 atom stereocenters. The summed E-state index contributed by atoms with van der Waals surface area (Å²) in [4.78, 5) is 8.54. The lowest BCUT2D eigenvalue weighted by molar-refractivity contribution is 0.474. The number of hydrogen-bond acceptors (Lipinski definition) is 2. The number of benzene rings is 1. The lowest BCUT2D eigenvalue weighted by Gasteiger charge is -2.22. The maximum Gasteiger partial charge on any atom is 0.195 e. The van der Waals surface area contributed by atoms with Crippen LogP contribution in [0.4, 0.5) is 0 Å². The Kier molecular flexibility index (Phi) is 5.65. The van der Waals surface area contributed by atoms with Gasteiger partial charge in [-0.25, -0.2) is 4.99 Å². The molecule has 0 amide bonds. The van der Waals surface area contributed by atoms with Gasteiger partial charge in [-0.1, -0.05) is 18.2 Å². The molecular formula is C14H20IN3O. The van der Waals surface area contributed by atoms with Gasteiger partial charge < -0.3 is 14.2 Å². The highest BCUT2D eigenvalue weighted by Crippen LogP contribution is 2.19. The standard InChI is InChI=1S/C14H19N3O.HI/c1-16(2)14(17(3)4)15-10-12-9-11-7-5-6-8-13(11)18-12;/h5-9H,10H2,1-4H3;1H. The van der Waals surface area contributed by atoms with Crippen molar-refractivity contribution < 1.29 is 4.42 Å². The first kappa shape index (κ1) is 15.8. The van der Waals surface area contributed by atoms with Gasteiger partial charge in [0.1, 0.15) is 17.9 Å². The molecule has 1 aromatic carbocycles. The van der Waals surface area contributed by atoms with Crippen molar-refractivity contribution in [2.75, 3.05) is 28.2 Å². The van der Waals surface area contributed by atoms with Crippen LogP contribution in [0.25, 0.3) is 11.0 Å². The van der Waals surface area contributed by atoms with E-state index in [0.29, 0.717) is 6.54 Å². The van der Waals surface area contributed by atoms with Gasteiger partial charge in [-0.2, -0.15) is 0 Å². The van der Waals surface area contributed by atoms with Crippen molar-refractivity contribution in [3.8, 4) is 0 Å². The summed E-state index contributed by atoms with van der Waals surface area (Å²) in [6.45, 7) is 0.556. The van der Waals surface area contributed by atoms with E-state index in [0.717, 1.165) is 22.7 Å². The number of halogens is 1. The highest BCUT2D eigenvalue weighted by molar-refractivity contribution is 14.0. The molecule has 0 aliphatic heterocycles. The maximum absolute atomic E-state index is 5.73. The van der Waals surface area contributed by atoms with Crippen LogP contribution in [0.3, 0.4) is 0 Å². The van der Waals surface area contributed by atoms with Crippen molar-refractivity contribution in [3.05, 3.63) is 36.1 Å². The van der Waals surface area contributed by atoms with Crippen molar-refractivity contribution in [1.82, 2.24) is 9.80 Å². The quantitative estimate of drug-likeness (QED) is 0.461. The zero-order valence-corrected chi connectivity index (χ0v) is 14.1. The van der Waals surface area contributed by atoms with Crippen molar-refractivity contribution in [2.45, 2.75) is 6.54 Å². The molecule has 104 valence electrons. The van der Waals surface area contributed by atoms with Gasteiger partial charge in [-0.3, -0.25) is 0 Å². The molecule has 0 saturated carbocycles. The molecule has 0 spiro atoms. The number of furan rings is 1. The summed E-state index contributed by atoms with van der Waals surface area (Å²) in [6.07, 6.45) is 0. The molecule has 2 aromatic rings. The predicted octanol–water partition coefficient (Wildman–Crippen LogP) is 3.03. The van der Waals surface area contributed by atoms with Crippen molar-refractivity contribution in [1.29, 1.82) is 0 Å². The lowest BCUT2D eigenvalue weighted by atomic mass is 10.2. The second kappa shape index (κ2) is 6.79. The third kappa shape index (κ3) is 3.86. The van der Waals surface area contributed by atoms with Crippen LogP contribution in [0.2, 0.25) is 0 Å². The molecule has 19 heavy (non-hydrogen) atoms. The SMILES string of the molecule is CN(C)C(=NCc1cc2ccccc2o1)N(C)C.I. The van der Waals surface area contributed by atoms with Gasteiger partial charge >= 0.3 is 0 Å². The molecular weight excluding hydrogens is 353 g/mol. The highest BCUT2D eigenvalue weighted by atomic mass is 127. The molecule has 0 aliphatic carbocycles. The fraction of sp³-hybridized carbons (Fsp3) is 0.357. The van der Waals surface area contributed by atoms with E-state index in [9.17, 15) is 0 Å². The van der Waals surface area contributed by atoms with E-state index < -0.39 is 0 Å². The fourth-order valence-electron chi connectivity index (χ4n) is 1.95. The molecule has 5 heteroatoms. The zero-order valence-electron chi connectivity index (χ0n) is 11.8. The number of para-hydroxylation sites is 1. The van der Waals surface area contributed by atoms with E-state index in [1.54, 1.807) is 0 Å². The second-order valence-corrected chi connectivity index (χ2v) is 4.66. The van der Waals surface area contributed by atoms with E-state index in [4.69, 9.17) is 4.42 Å². The Hall–Kier alpha value is -1.24. The van der Waals surface area contributed by atoms with Gasteiger partial charge in [0.15, 0.2) is 5.96 Å². The van der Waals surface area contributed by atoms with E-state index >= 15 is 0 Å². The molecule has 0 aliphatic rings. The van der Waals surface area contributed by atoms with Crippen LogP contribution in [0.15, 0.2) is 39.7 Å². The van der Waals surface area contributed by atoms with Crippen molar-refractivity contribution in [3.63, 3.8) is 0 Å². The largest absolute Gasteiger partial charge is 0.459 e. The van der Waals surface area contributed by atoms with Crippen LogP contribution in [0.5, 0.6) is 0 Å². The monoisotopic (exact) mass is 373 g/mol. The number of aliphatic imine (C=N–C) groups is 1. The van der Waals surface area contributed by atoms with Crippen LogP contribution in [-0.4, -0.2) is 44.0 Å². The Labute approximate surface area is 131 Å². The van der Waals surface area contributed by atoms with Gasteiger partial charge in [0.05, 0.1) is 0 Å². The van der Waals surface area contributed by atoms with Crippen LogP contribution >= 0.6 is 24.0 Å². The Morgan fingerprint density at radius 2 is 1.74 bits per heavy atom. The van der Waals surface area contributed by atoms with Crippen molar-refractivity contribution in [2.24, 2.45) is 4.99 Å². The molecule has 1 heterocycles. The summed E-state index contributed by atoms with van der Waals surface area (Å²) >= 11 is 0. The minimum Gasteiger partial charge on any atom is -0.459 e. The molecule has 0 bridgehead atoms. The Bertz CT molecular complexity index is 518. The molecule has 0 radical (unpaired) electrons. The number of hydrogen-bond donors (Lipinski definition) is 0. The first-order valence-corrected chi connectivity index (χ1v) is 5.94. The first-order chi connectivity index (χ1) is 8.58. The number of nitrogens with zero attached hydrogens (tertiary/aromatic N) is 3. The average molecular weight is 373 g/mol. The van der Waals surface area contributed by atoms with Gasteiger partial charge in [0, 0.05) is 33.6 Å². The zero-order chi connectivity index (χ0) is 13.1. The van der Waals surface area contributed by atoms with E-state index in [2.05, 4.69) is 4.99 Å². The summed E-state index contributed by atoms with van der Waals surface area (Å²) < 4.78 is 5.73. The molecule has 0 unspecified atom stereocenters. The van der Waals surface area contributed by atoms with Gasteiger partial charge in [0.25, 0.3) is 0 Å². The van der Waals surface area contributed by atoms with Crippen LogP contribution in [-0.2, 0) is 6.54 Å². The van der Waals surface area contributed by atoms with Crippen molar-refractivity contribution >= 4 is 40.9 Å². The van der Waals surface area contributed by atoms with Gasteiger partial charge in [-0.05, 0) is 12.1 Å². The summed E-state index contributed by atoms with van der Waals surface area (Å²) in [5, 5.41) is 1.12.